The number of hydrogen-bond acceptors (Lipinski definition) is 14. The Kier molecular flexibility index (Phi) is 36.2. The summed E-state index contributed by atoms with van der Waals surface area (Å²) in [5.41, 5.74) is 0. The summed E-state index contributed by atoms with van der Waals surface area (Å²) >= 11 is 0. The minimum atomic E-state index is -5.61. The number of phosphoric ester groups is 3. The van der Waals surface area contributed by atoms with Crippen LogP contribution in [-0.4, -0.2) is 108 Å². The molecule has 400 valence electrons. The molecule has 0 bridgehead atoms. The topological polar surface area (TPSA) is 303 Å². The van der Waals surface area contributed by atoms with Crippen LogP contribution in [0.3, 0.4) is 0 Å². The lowest BCUT2D eigenvalue weighted by Crippen LogP contribution is -2.65. The molecule has 0 aromatic heterocycles. The molecule has 8 N–H and O–H groups in total. The second-order valence-corrected chi connectivity index (χ2v) is 20.8. The molecule has 1 rings (SSSR count). The van der Waals surface area contributed by atoms with Crippen molar-refractivity contribution in [3.05, 3.63) is 60.8 Å². The summed E-state index contributed by atoms with van der Waals surface area (Å²) < 4.78 is 65.5. The molecule has 0 aliphatic heterocycles. The molecular formula is C47H83O19P3. The molecule has 0 radical (unpaired) electrons. The Hall–Kier alpha value is -2.15. The van der Waals surface area contributed by atoms with Crippen LogP contribution >= 0.6 is 23.5 Å². The minimum Gasteiger partial charge on any atom is -0.462 e. The standard InChI is InChI=1S/C47H83O19P3/c1-3-5-7-9-11-13-15-17-19-20-22-24-26-28-30-32-34-36-41(49)63-39(37-61-40(48)35-33-31-29-27-25-23-21-18-16-14-12-10-8-6-4-2)38-62-69(59,60)66-45-42(50)43(51)46(64-67(53,54)55)47(44(45)52)65-68(56,57)58/h11-14,17-19,21-22,24,39,42-47,50-52H,3-10,15-16,20,23,25-38H2,1-2H3,(H,59,60)(H2,53,54,55)(H2,56,57,58). The van der Waals surface area contributed by atoms with E-state index < -0.39 is 91.3 Å². The van der Waals surface area contributed by atoms with Gasteiger partial charge in [-0.25, -0.2) is 13.7 Å². The molecule has 19 nitrogen and oxygen atoms in total. The van der Waals surface area contributed by atoms with Gasteiger partial charge in [-0.3, -0.25) is 27.7 Å². The zero-order chi connectivity index (χ0) is 51.4. The van der Waals surface area contributed by atoms with Gasteiger partial charge in [-0.2, -0.15) is 0 Å². The Labute approximate surface area is 409 Å². The summed E-state index contributed by atoms with van der Waals surface area (Å²) in [6.07, 6.45) is 26.6. The summed E-state index contributed by atoms with van der Waals surface area (Å²) in [7, 11) is -16.6. The van der Waals surface area contributed by atoms with Crippen LogP contribution in [0.15, 0.2) is 60.8 Å². The highest BCUT2D eigenvalue weighted by atomic mass is 31.2. The molecule has 1 aliphatic rings. The number of esters is 2. The first-order valence-corrected chi connectivity index (χ1v) is 29.1. The minimum absolute atomic E-state index is 0.0332. The molecule has 0 aromatic rings. The molecule has 8 atom stereocenters. The Morgan fingerprint density at radius 2 is 0.841 bits per heavy atom. The van der Waals surface area contributed by atoms with Crippen LogP contribution in [0.5, 0.6) is 0 Å². The Morgan fingerprint density at radius 3 is 1.29 bits per heavy atom. The van der Waals surface area contributed by atoms with Gasteiger partial charge in [0.1, 0.15) is 43.2 Å². The SMILES string of the molecule is CCCCCC=CCC=CCC=CCCCCCCC(=O)OC(COC(=O)CCCCCCCC=CCC=CCCCCC)COP(=O)(O)OC1C(O)C(O)C(OP(=O)(O)O)C(OP(=O)(O)O)C1O. The zero-order valence-electron chi connectivity index (χ0n) is 40.6. The molecule has 8 unspecified atom stereocenters. The van der Waals surface area contributed by atoms with Crippen LogP contribution in [0, 0.1) is 0 Å². The summed E-state index contributed by atoms with van der Waals surface area (Å²) in [4.78, 5) is 73.3. The molecular weight excluding hydrogens is 961 g/mol. The molecule has 69 heavy (non-hydrogen) atoms. The van der Waals surface area contributed by atoms with Crippen molar-refractivity contribution < 1.29 is 90.6 Å². The average Bonchev–Trinajstić information content (AvgIpc) is 3.28. The quantitative estimate of drug-likeness (QED) is 0.0122. The van der Waals surface area contributed by atoms with E-state index in [9.17, 15) is 63.1 Å². The molecule has 0 spiro atoms. The van der Waals surface area contributed by atoms with Crippen molar-refractivity contribution in [2.75, 3.05) is 13.2 Å². The molecule has 0 heterocycles. The second kappa shape index (κ2) is 38.5. The van der Waals surface area contributed by atoms with Crippen molar-refractivity contribution >= 4 is 35.4 Å². The van der Waals surface area contributed by atoms with Crippen LogP contribution in [0.4, 0.5) is 0 Å². The largest absolute Gasteiger partial charge is 0.472 e. The van der Waals surface area contributed by atoms with Gasteiger partial charge in [0.15, 0.2) is 6.10 Å². The van der Waals surface area contributed by atoms with Crippen molar-refractivity contribution in [3.8, 4) is 0 Å². The van der Waals surface area contributed by atoms with E-state index in [1.54, 1.807) is 0 Å². The van der Waals surface area contributed by atoms with E-state index in [4.69, 9.17) is 18.5 Å². The predicted molar refractivity (Wildman–Crippen MR) is 261 cm³/mol. The molecule has 1 fully saturated rings. The van der Waals surface area contributed by atoms with Crippen LogP contribution in [0.1, 0.15) is 168 Å². The highest BCUT2D eigenvalue weighted by Crippen LogP contribution is 2.51. The molecule has 1 saturated carbocycles. The Balaban J connectivity index is 2.75. The number of ether oxygens (including phenoxy) is 2. The van der Waals surface area contributed by atoms with E-state index in [2.05, 4.69) is 83.7 Å². The van der Waals surface area contributed by atoms with Gasteiger partial charge in [-0.15, -0.1) is 0 Å². The monoisotopic (exact) mass is 1040 g/mol. The van der Waals surface area contributed by atoms with E-state index in [1.165, 1.54) is 38.5 Å². The molecule has 0 saturated heterocycles. The number of carbonyl (C=O) groups excluding carboxylic acids is 2. The maximum atomic E-state index is 13.1. The molecule has 22 heteroatoms. The van der Waals surface area contributed by atoms with Gasteiger partial charge in [0, 0.05) is 12.8 Å². The highest BCUT2D eigenvalue weighted by molar-refractivity contribution is 7.47. The van der Waals surface area contributed by atoms with Crippen LogP contribution in [0.25, 0.3) is 0 Å². The van der Waals surface area contributed by atoms with Crippen LogP contribution in [0.2, 0.25) is 0 Å². The lowest BCUT2D eigenvalue weighted by Gasteiger charge is -2.44. The number of allylic oxidation sites excluding steroid dienone is 10. The molecule has 0 amide bonds. The fourth-order valence-electron chi connectivity index (χ4n) is 7.09. The summed E-state index contributed by atoms with van der Waals surface area (Å²) in [5, 5.41) is 31.9. The molecule has 1 aliphatic carbocycles. The fraction of sp³-hybridized carbons (Fsp3) is 0.745. The van der Waals surface area contributed by atoms with E-state index in [0.29, 0.717) is 19.3 Å². The van der Waals surface area contributed by atoms with E-state index in [1.807, 2.05) is 0 Å². The van der Waals surface area contributed by atoms with Gasteiger partial charge in [0.2, 0.25) is 0 Å². The van der Waals surface area contributed by atoms with Crippen molar-refractivity contribution in [2.24, 2.45) is 0 Å². The number of unbranched alkanes of at least 4 members (excludes halogenated alkanes) is 15. The predicted octanol–water partition coefficient (Wildman–Crippen LogP) is 9.18. The second-order valence-electron chi connectivity index (χ2n) is 17.0. The number of hydrogen-bond donors (Lipinski definition) is 8. The summed E-state index contributed by atoms with van der Waals surface area (Å²) in [5.74, 6) is -1.34. The normalized spacial score (nSPS) is 21.8. The average molecular weight is 1050 g/mol. The third-order valence-corrected chi connectivity index (χ3v) is 12.8. The van der Waals surface area contributed by atoms with E-state index >= 15 is 0 Å². The first kappa shape index (κ1) is 64.9. The Bertz CT molecular complexity index is 1670. The summed E-state index contributed by atoms with van der Waals surface area (Å²) in [6, 6.07) is 0. The maximum absolute atomic E-state index is 13.1. The first-order chi connectivity index (χ1) is 32.8. The highest BCUT2D eigenvalue weighted by Gasteiger charge is 2.56. The van der Waals surface area contributed by atoms with Crippen molar-refractivity contribution in [1.29, 1.82) is 0 Å². The van der Waals surface area contributed by atoms with Crippen molar-refractivity contribution in [3.63, 3.8) is 0 Å². The maximum Gasteiger partial charge on any atom is 0.472 e. The third-order valence-electron chi connectivity index (χ3n) is 10.8. The number of aliphatic hydroxyl groups is 3. The zero-order valence-corrected chi connectivity index (χ0v) is 43.3. The van der Waals surface area contributed by atoms with E-state index in [-0.39, 0.29) is 12.8 Å². The van der Waals surface area contributed by atoms with Gasteiger partial charge in [-0.05, 0) is 83.5 Å². The molecule has 0 aromatic carbocycles. The number of carbonyl (C=O) groups is 2. The van der Waals surface area contributed by atoms with E-state index in [0.717, 1.165) is 83.5 Å². The number of aliphatic hydroxyl groups excluding tert-OH is 3. The van der Waals surface area contributed by atoms with Gasteiger partial charge in [-0.1, -0.05) is 132 Å². The number of rotatable bonds is 41. The smallest absolute Gasteiger partial charge is 0.462 e. The van der Waals surface area contributed by atoms with Crippen molar-refractivity contribution in [2.45, 2.75) is 211 Å². The Morgan fingerprint density at radius 1 is 0.464 bits per heavy atom. The van der Waals surface area contributed by atoms with Gasteiger partial charge in [0.25, 0.3) is 0 Å². The fourth-order valence-corrected chi connectivity index (χ4v) is 9.19. The summed E-state index contributed by atoms with van der Waals surface area (Å²) in [6.45, 7) is 2.86. The number of phosphoric acid groups is 3. The lowest BCUT2D eigenvalue weighted by atomic mass is 9.85. The van der Waals surface area contributed by atoms with Crippen LogP contribution < -0.4 is 0 Å². The lowest BCUT2D eigenvalue weighted by molar-refractivity contribution is -0.213. The van der Waals surface area contributed by atoms with Crippen molar-refractivity contribution in [1.82, 2.24) is 0 Å². The third kappa shape index (κ3) is 34.8. The first-order valence-electron chi connectivity index (χ1n) is 24.6. The van der Waals surface area contributed by atoms with Gasteiger partial charge >= 0.3 is 35.4 Å². The van der Waals surface area contributed by atoms with Gasteiger partial charge < -0.3 is 49.3 Å². The van der Waals surface area contributed by atoms with Crippen LogP contribution in [-0.2, 0) is 50.9 Å². The van der Waals surface area contributed by atoms with Gasteiger partial charge in [0.05, 0.1) is 6.61 Å².